The lowest BCUT2D eigenvalue weighted by atomic mass is 10.0. The van der Waals surface area contributed by atoms with Gasteiger partial charge in [0.25, 0.3) is 0 Å². The van der Waals surface area contributed by atoms with Crippen molar-refractivity contribution in [3.8, 4) is 0 Å². The third-order valence-electron chi connectivity index (χ3n) is 4.28. The molecule has 0 saturated carbocycles. The fraction of sp³-hybridized carbons (Fsp3) is 0.867. The van der Waals surface area contributed by atoms with Gasteiger partial charge >= 0.3 is 0 Å². The number of hydrogen-bond acceptors (Lipinski definition) is 4. The molecule has 2 N–H and O–H groups in total. The Morgan fingerprint density at radius 3 is 2.57 bits per heavy atom. The van der Waals surface area contributed by atoms with Crippen LogP contribution in [0.3, 0.4) is 0 Å². The molecule has 2 fully saturated rings. The molecule has 6 heteroatoms. The van der Waals surface area contributed by atoms with E-state index in [9.17, 15) is 9.59 Å². The zero-order chi connectivity index (χ0) is 15.2. The first-order valence-electron chi connectivity index (χ1n) is 8.10. The Hall–Kier alpha value is -1.14. The van der Waals surface area contributed by atoms with Gasteiger partial charge in [0.2, 0.25) is 11.8 Å². The molecule has 1 unspecified atom stereocenters. The molecular weight excluding hydrogens is 268 g/mol. The molecule has 1 atom stereocenters. The summed E-state index contributed by atoms with van der Waals surface area (Å²) < 4.78 is 0. The van der Waals surface area contributed by atoms with Gasteiger partial charge in [0.1, 0.15) is 6.04 Å². The van der Waals surface area contributed by atoms with Gasteiger partial charge in [-0.15, -0.1) is 0 Å². The normalized spacial score (nSPS) is 21.9. The molecule has 2 amide bonds. The van der Waals surface area contributed by atoms with E-state index in [-0.39, 0.29) is 23.8 Å². The Morgan fingerprint density at radius 1 is 1.29 bits per heavy atom. The SMILES string of the molecule is CC(C)C(C(=O)NCCN1CCNCC1)N1CCCC1=O. The standard InChI is InChI=1S/C15H28N4O2/c1-12(2)14(19-8-3-4-13(19)20)15(21)17-7-11-18-9-5-16-6-10-18/h12,14,16H,3-11H2,1-2H3,(H,17,21). The first kappa shape index (κ1) is 16.2. The Morgan fingerprint density at radius 2 is 2.00 bits per heavy atom. The molecule has 0 spiro atoms. The van der Waals surface area contributed by atoms with Crippen LogP contribution in [0.5, 0.6) is 0 Å². The molecule has 0 bridgehead atoms. The summed E-state index contributed by atoms with van der Waals surface area (Å²) in [4.78, 5) is 28.4. The van der Waals surface area contributed by atoms with Gasteiger partial charge in [-0.3, -0.25) is 14.5 Å². The summed E-state index contributed by atoms with van der Waals surface area (Å²) in [6.07, 6.45) is 1.45. The smallest absolute Gasteiger partial charge is 0.243 e. The number of likely N-dealkylation sites (tertiary alicyclic amines) is 1. The highest BCUT2D eigenvalue weighted by molar-refractivity contribution is 5.88. The zero-order valence-corrected chi connectivity index (χ0v) is 13.2. The van der Waals surface area contributed by atoms with E-state index in [2.05, 4.69) is 15.5 Å². The van der Waals surface area contributed by atoms with Crippen LogP contribution in [-0.2, 0) is 9.59 Å². The number of amides is 2. The minimum Gasteiger partial charge on any atom is -0.353 e. The molecule has 0 aromatic rings. The molecule has 0 aliphatic carbocycles. The maximum absolute atomic E-state index is 12.4. The summed E-state index contributed by atoms with van der Waals surface area (Å²) in [5.41, 5.74) is 0. The van der Waals surface area contributed by atoms with Crippen LogP contribution in [0.1, 0.15) is 26.7 Å². The van der Waals surface area contributed by atoms with Crippen molar-refractivity contribution in [1.82, 2.24) is 20.4 Å². The number of carbonyl (C=O) groups is 2. The van der Waals surface area contributed by atoms with Crippen molar-refractivity contribution in [2.45, 2.75) is 32.7 Å². The van der Waals surface area contributed by atoms with E-state index in [1.165, 1.54) is 0 Å². The quantitative estimate of drug-likeness (QED) is 0.703. The second-order valence-corrected chi connectivity index (χ2v) is 6.26. The van der Waals surface area contributed by atoms with Crippen LogP contribution >= 0.6 is 0 Å². The highest BCUT2D eigenvalue weighted by Crippen LogP contribution is 2.19. The molecule has 0 aromatic carbocycles. The molecule has 2 saturated heterocycles. The minimum atomic E-state index is -0.317. The van der Waals surface area contributed by atoms with Crippen LogP contribution in [-0.4, -0.2) is 73.5 Å². The van der Waals surface area contributed by atoms with E-state index in [1.807, 2.05) is 13.8 Å². The zero-order valence-electron chi connectivity index (χ0n) is 13.2. The fourth-order valence-electron chi connectivity index (χ4n) is 3.14. The monoisotopic (exact) mass is 296 g/mol. The molecule has 2 aliphatic rings. The molecule has 2 heterocycles. The van der Waals surface area contributed by atoms with Gasteiger partial charge < -0.3 is 15.5 Å². The van der Waals surface area contributed by atoms with E-state index in [0.717, 1.165) is 39.1 Å². The molecule has 6 nitrogen and oxygen atoms in total. The van der Waals surface area contributed by atoms with Gasteiger partial charge in [0.05, 0.1) is 0 Å². The summed E-state index contributed by atoms with van der Waals surface area (Å²) in [7, 11) is 0. The Kier molecular flexibility index (Phi) is 5.99. The Balaban J connectivity index is 1.80. The fourth-order valence-corrected chi connectivity index (χ4v) is 3.14. The maximum atomic E-state index is 12.4. The van der Waals surface area contributed by atoms with Crippen LogP contribution in [0.25, 0.3) is 0 Å². The summed E-state index contributed by atoms with van der Waals surface area (Å²) in [5.74, 6) is 0.257. The van der Waals surface area contributed by atoms with Crippen molar-refractivity contribution in [3.63, 3.8) is 0 Å². The lowest BCUT2D eigenvalue weighted by molar-refractivity contribution is -0.139. The number of piperazine rings is 1. The highest BCUT2D eigenvalue weighted by atomic mass is 16.2. The molecule has 120 valence electrons. The topological polar surface area (TPSA) is 64.7 Å². The van der Waals surface area contributed by atoms with Crippen molar-refractivity contribution in [1.29, 1.82) is 0 Å². The number of hydrogen-bond donors (Lipinski definition) is 2. The average Bonchev–Trinajstić information content (AvgIpc) is 2.86. The molecule has 0 radical (unpaired) electrons. The van der Waals surface area contributed by atoms with Gasteiger partial charge in [-0.25, -0.2) is 0 Å². The predicted molar refractivity (Wildman–Crippen MR) is 81.9 cm³/mol. The van der Waals surface area contributed by atoms with Crippen molar-refractivity contribution >= 4 is 11.8 Å². The maximum Gasteiger partial charge on any atom is 0.243 e. The van der Waals surface area contributed by atoms with Crippen molar-refractivity contribution < 1.29 is 9.59 Å². The van der Waals surface area contributed by atoms with Crippen molar-refractivity contribution in [2.75, 3.05) is 45.8 Å². The minimum absolute atomic E-state index is 0.00427. The lowest BCUT2D eigenvalue weighted by Crippen LogP contribution is -2.52. The lowest BCUT2D eigenvalue weighted by Gasteiger charge is -2.31. The number of rotatable bonds is 6. The van der Waals surface area contributed by atoms with Gasteiger partial charge in [-0.1, -0.05) is 13.8 Å². The van der Waals surface area contributed by atoms with Crippen LogP contribution in [0, 0.1) is 5.92 Å². The summed E-state index contributed by atoms with van der Waals surface area (Å²) in [5, 5.41) is 6.33. The first-order valence-corrected chi connectivity index (χ1v) is 8.10. The number of nitrogens with zero attached hydrogens (tertiary/aromatic N) is 2. The van der Waals surface area contributed by atoms with Crippen LogP contribution in [0.4, 0.5) is 0 Å². The largest absolute Gasteiger partial charge is 0.353 e. The average molecular weight is 296 g/mol. The second-order valence-electron chi connectivity index (χ2n) is 6.26. The van der Waals surface area contributed by atoms with Gasteiger partial charge in [0, 0.05) is 52.2 Å². The molecule has 2 rings (SSSR count). The van der Waals surface area contributed by atoms with E-state index in [0.29, 0.717) is 19.5 Å². The highest BCUT2D eigenvalue weighted by Gasteiger charge is 2.34. The van der Waals surface area contributed by atoms with Crippen molar-refractivity contribution in [3.05, 3.63) is 0 Å². The van der Waals surface area contributed by atoms with Crippen LogP contribution < -0.4 is 10.6 Å². The number of nitrogens with one attached hydrogen (secondary N) is 2. The summed E-state index contributed by atoms with van der Waals surface area (Å²) in [6, 6.07) is -0.317. The van der Waals surface area contributed by atoms with Crippen molar-refractivity contribution in [2.24, 2.45) is 5.92 Å². The molecule has 0 aromatic heterocycles. The molecule has 2 aliphatic heterocycles. The molecule has 21 heavy (non-hydrogen) atoms. The van der Waals surface area contributed by atoms with Crippen LogP contribution in [0.2, 0.25) is 0 Å². The van der Waals surface area contributed by atoms with Gasteiger partial charge in [-0.2, -0.15) is 0 Å². The Labute approximate surface area is 127 Å². The summed E-state index contributed by atoms with van der Waals surface area (Å²) in [6.45, 7) is 10.4. The third-order valence-corrected chi connectivity index (χ3v) is 4.28. The van der Waals surface area contributed by atoms with E-state index < -0.39 is 0 Å². The van der Waals surface area contributed by atoms with Crippen LogP contribution in [0.15, 0.2) is 0 Å². The van der Waals surface area contributed by atoms with Gasteiger partial charge in [-0.05, 0) is 12.3 Å². The number of carbonyl (C=O) groups excluding carboxylic acids is 2. The van der Waals surface area contributed by atoms with Gasteiger partial charge in [0.15, 0.2) is 0 Å². The summed E-state index contributed by atoms with van der Waals surface area (Å²) >= 11 is 0. The second kappa shape index (κ2) is 7.75. The van der Waals surface area contributed by atoms with E-state index in [4.69, 9.17) is 0 Å². The van der Waals surface area contributed by atoms with E-state index in [1.54, 1.807) is 4.90 Å². The Bertz CT molecular complexity index is 367. The molecular formula is C15H28N4O2. The predicted octanol–water partition coefficient (Wildman–Crippen LogP) is -0.345. The third kappa shape index (κ3) is 4.41. The van der Waals surface area contributed by atoms with E-state index >= 15 is 0 Å². The first-order chi connectivity index (χ1) is 10.1.